The second-order valence-electron chi connectivity index (χ2n) is 8.22. The standard InChI is InChI=1S/C22H18Cl2N2O6/c23-11-1-3-15-13(5-11)17-7-25-9-21(15,29-17)31-19(27)20(28)32-22-10-26-8-18(30-22)14-6-12(24)2-4-16(14)22/h1-6,17-18,25-26H,7-10H2. The number of halogens is 2. The maximum Gasteiger partial charge on any atom is 0.420 e. The van der Waals surface area contributed by atoms with Crippen LogP contribution in [0.4, 0.5) is 0 Å². The number of carbonyl (C=O) groups excluding carboxylic acids is 2. The van der Waals surface area contributed by atoms with Crippen LogP contribution in [-0.2, 0) is 40.1 Å². The Hall–Kier alpha value is -2.20. The molecular weight excluding hydrogens is 459 g/mol. The van der Waals surface area contributed by atoms with Crippen LogP contribution in [0.25, 0.3) is 0 Å². The number of nitrogens with one attached hydrogen (secondary N) is 2. The van der Waals surface area contributed by atoms with Crippen molar-refractivity contribution in [3.63, 3.8) is 0 Å². The lowest BCUT2D eigenvalue weighted by molar-refractivity contribution is -0.272. The van der Waals surface area contributed by atoms with Crippen LogP contribution in [0.2, 0.25) is 10.0 Å². The molecule has 2 aromatic rings. The highest BCUT2D eigenvalue weighted by molar-refractivity contribution is 6.31. The van der Waals surface area contributed by atoms with Gasteiger partial charge in [-0.25, -0.2) is 9.59 Å². The molecule has 166 valence electrons. The van der Waals surface area contributed by atoms with E-state index in [1.165, 1.54) is 0 Å². The molecule has 4 aliphatic heterocycles. The minimum Gasteiger partial charge on any atom is -0.419 e. The first-order valence-corrected chi connectivity index (χ1v) is 11.0. The van der Waals surface area contributed by atoms with Gasteiger partial charge in [0.05, 0.1) is 13.1 Å². The molecule has 0 amide bonds. The number of carbonyl (C=O) groups is 2. The van der Waals surface area contributed by atoms with Crippen molar-refractivity contribution in [1.29, 1.82) is 0 Å². The highest BCUT2D eigenvalue weighted by Gasteiger charge is 2.55. The Morgan fingerprint density at radius 3 is 1.69 bits per heavy atom. The van der Waals surface area contributed by atoms with Gasteiger partial charge in [0.2, 0.25) is 0 Å². The normalized spacial score (nSPS) is 31.6. The van der Waals surface area contributed by atoms with E-state index in [-0.39, 0.29) is 25.3 Å². The highest BCUT2D eigenvalue weighted by Crippen LogP contribution is 2.49. The number of esters is 2. The molecule has 10 heteroatoms. The number of benzene rings is 2. The summed E-state index contributed by atoms with van der Waals surface area (Å²) in [6.07, 6.45) is -0.670. The minimum absolute atomic E-state index is 0.198. The van der Waals surface area contributed by atoms with Gasteiger partial charge >= 0.3 is 11.9 Å². The molecule has 0 aromatic heterocycles. The average Bonchev–Trinajstić information content (AvgIpc) is 3.11. The quantitative estimate of drug-likeness (QED) is 0.504. The summed E-state index contributed by atoms with van der Waals surface area (Å²) in [6.45, 7) is 1.48. The monoisotopic (exact) mass is 476 g/mol. The van der Waals surface area contributed by atoms with E-state index in [1.807, 2.05) is 0 Å². The first-order chi connectivity index (χ1) is 15.4. The van der Waals surface area contributed by atoms with Crippen molar-refractivity contribution in [2.45, 2.75) is 23.8 Å². The van der Waals surface area contributed by atoms with Crippen molar-refractivity contribution < 1.29 is 28.5 Å². The van der Waals surface area contributed by atoms with E-state index in [4.69, 9.17) is 42.1 Å². The molecule has 6 rings (SSSR count). The molecule has 2 N–H and O–H groups in total. The molecule has 4 aliphatic rings. The lowest BCUT2D eigenvalue weighted by Gasteiger charge is -2.35. The maximum absolute atomic E-state index is 12.9. The zero-order chi connectivity index (χ0) is 22.1. The zero-order valence-electron chi connectivity index (χ0n) is 16.7. The molecule has 8 nitrogen and oxygen atoms in total. The van der Waals surface area contributed by atoms with Gasteiger partial charge in [-0.2, -0.15) is 0 Å². The Labute approximate surface area is 193 Å². The van der Waals surface area contributed by atoms with Gasteiger partial charge in [0, 0.05) is 34.3 Å². The third-order valence-corrected chi connectivity index (χ3v) is 6.73. The Morgan fingerprint density at radius 1 is 0.812 bits per heavy atom. The number of rotatable bonds is 2. The lowest BCUT2D eigenvalue weighted by atomic mass is 10.0. The van der Waals surface area contributed by atoms with Gasteiger partial charge in [-0.15, -0.1) is 0 Å². The van der Waals surface area contributed by atoms with E-state index in [9.17, 15) is 9.59 Å². The van der Waals surface area contributed by atoms with Gasteiger partial charge in [-0.1, -0.05) is 35.3 Å². The van der Waals surface area contributed by atoms with Crippen molar-refractivity contribution in [3.8, 4) is 0 Å². The molecule has 0 saturated carbocycles. The number of morpholine rings is 2. The molecule has 2 saturated heterocycles. The number of ether oxygens (including phenoxy) is 4. The largest absolute Gasteiger partial charge is 0.420 e. The van der Waals surface area contributed by atoms with E-state index < -0.39 is 23.5 Å². The van der Waals surface area contributed by atoms with Gasteiger partial charge in [0.25, 0.3) is 11.6 Å². The summed E-state index contributed by atoms with van der Waals surface area (Å²) >= 11 is 12.2. The molecule has 4 bridgehead atoms. The summed E-state index contributed by atoms with van der Waals surface area (Å²) in [6, 6.07) is 10.4. The first kappa shape index (κ1) is 20.4. The van der Waals surface area contributed by atoms with E-state index in [2.05, 4.69) is 10.6 Å². The summed E-state index contributed by atoms with van der Waals surface area (Å²) in [5, 5.41) is 7.46. The van der Waals surface area contributed by atoms with Crippen LogP contribution in [-0.4, -0.2) is 38.1 Å². The topological polar surface area (TPSA) is 95.1 Å². The molecule has 4 unspecified atom stereocenters. The molecule has 0 radical (unpaired) electrons. The summed E-state index contributed by atoms with van der Waals surface area (Å²) in [5.41, 5.74) is 2.97. The van der Waals surface area contributed by atoms with E-state index in [0.29, 0.717) is 34.3 Å². The molecule has 4 heterocycles. The third-order valence-electron chi connectivity index (χ3n) is 6.26. The molecule has 32 heavy (non-hydrogen) atoms. The fourth-order valence-electron chi connectivity index (χ4n) is 4.93. The van der Waals surface area contributed by atoms with Crippen LogP contribution >= 0.6 is 23.2 Å². The summed E-state index contributed by atoms with van der Waals surface area (Å²) < 4.78 is 23.3. The van der Waals surface area contributed by atoms with Crippen molar-refractivity contribution in [3.05, 3.63) is 68.7 Å². The summed E-state index contributed by atoms with van der Waals surface area (Å²) in [7, 11) is 0. The van der Waals surface area contributed by atoms with Crippen LogP contribution in [0, 0.1) is 0 Å². The van der Waals surface area contributed by atoms with Crippen molar-refractivity contribution in [1.82, 2.24) is 10.6 Å². The van der Waals surface area contributed by atoms with E-state index in [1.54, 1.807) is 36.4 Å². The Morgan fingerprint density at radius 2 is 1.25 bits per heavy atom. The third kappa shape index (κ3) is 2.98. The SMILES string of the molecule is O=C(OC12CNCC(O1)c1cc(Cl)ccc12)C(=O)OC12CNCC(O1)c1cc(Cl)ccc12. The van der Waals surface area contributed by atoms with Crippen LogP contribution in [0.15, 0.2) is 36.4 Å². The van der Waals surface area contributed by atoms with Gasteiger partial charge in [0.15, 0.2) is 0 Å². The van der Waals surface area contributed by atoms with Crippen LogP contribution in [0.3, 0.4) is 0 Å². The van der Waals surface area contributed by atoms with Gasteiger partial charge in [-0.3, -0.25) is 0 Å². The van der Waals surface area contributed by atoms with Crippen molar-refractivity contribution in [2.75, 3.05) is 26.2 Å². The predicted molar refractivity (Wildman–Crippen MR) is 112 cm³/mol. The van der Waals surface area contributed by atoms with E-state index >= 15 is 0 Å². The fraction of sp³-hybridized carbons (Fsp3) is 0.364. The number of hydrogen-bond donors (Lipinski definition) is 2. The van der Waals surface area contributed by atoms with Gasteiger partial charge in [0.1, 0.15) is 12.2 Å². The second kappa shape index (κ2) is 7.15. The number of fused-ring (bicyclic) bond motifs is 10. The predicted octanol–water partition coefficient (Wildman–Crippen LogP) is 2.43. The molecular formula is C22H18Cl2N2O6. The van der Waals surface area contributed by atoms with Crippen molar-refractivity contribution in [2.24, 2.45) is 0 Å². The Balaban J connectivity index is 1.26. The van der Waals surface area contributed by atoms with Crippen LogP contribution < -0.4 is 10.6 Å². The summed E-state index contributed by atoms with van der Waals surface area (Å²) in [5.74, 6) is -5.19. The molecule has 2 fully saturated rings. The zero-order valence-corrected chi connectivity index (χ0v) is 18.2. The van der Waals surface area contributed by atoms with Gasteiger partial charge < -0.3 is 29.6 Å². The highest BCUT2D eigenvalue weighted by atomic mass is 35.5. The summed E-state index contributed by atoms with van der Waals surface area (Å²) in [4.78, 5) is 25.7. The first-order valence-electron chi connectivity index (χ1n) is 10.2. The second-order valence-corrected chi connectivity index (χ2v) is 9.10. The van der Waals surface area contributed by atoms with Gasteiger partial charge in [-0.05, 0) is 35.4 Å². The van der Waals surface area contributed by atoms with Crippen LogP contribution in [0.1, 0.15) is 34.5 Å². The van der Waals surface area contributed by atoms with Crippen LogP contribution in [0.5, 0.6) is 0 Å². The average molecular weight is 477 g/mol. The minimum atomic E-state index is -1.42. The number of hydrogen-bond acceptors (Lipinski definition) is 8. The lowest BCUT2D eigenvalue weighted by Crippen LogP contribution is -2.50. The Bertz CT molecular complexity index is 1070. The maximum atomic E-state index is 12.9. The smallest absolute Gasteiger partial charge is 0.419 e. The molecule has 0 aliphatic carbocycles. The molecule has 2 aromatic carbocycles. The molecule has 0 spiro atoms. The Kier molecular flexibility index (Phi) is 4.56. The fourth-order valence-corrected chi connectivity index (χ4v) is 5.29. The van der Waals surface area contributed by atoms with E-state index in [0.717, 1.165) is 11.1 Å². The van der Waals surface area contributed by atoms with Crippen molar-refractivity contribution >= 4 is 35.1 Å². The molecule has 4 atom stereocenters.